The Morgan fingerprint density at radius 1 is 1.04 bits per heavy atom. The van der Waals surface area contributed by atoms with Crippen molar-refractivity contribution in [1.29, 1.82) is 0 Å². The van der Waals surface area contributed by atoms with Gasteiger partial charge in [0.05, 0.1) is 0 Å². The SMILES string of the molecule is Cc1cc(C)c2cc(C(=O)Nc3cccc(C(=O)N4CCCC4)c3C)[nH]c2c1. The number of fused-ring (bicyclic) bond motifs is 1. The van der Waals surface area contributed by atoms with Crippen molar-refractivity contribution in [2.45, 2.75) is 33.6 Å². The van der Waals surface area contributed by atoms with Crippen LogP contribution in [0.4, 0.5) is 5.69 Å². The molecule has 28 heavy (non-hydrogen) atoms. The lowest BCUT2D eigenvalue weighted by Gasteiger charge is -2.18. The van der Waals surface area contributed by atoms with E-state index < -0.39 is 0 Å². The molecule has 1 fully saturated rings. The van der Waals surface area contributed by atoms with Gasteiger partial charge < -0.3 is 15.2 Å². The number of aromatic amines is 1. The fourth-order valence-electron chi connectivity index (χ4n) is 4.00. The van der Waals surface area contributed by atoms with E-state index in [1.54, 1.807) is 0 Å². The van der Waals surface area contributed by atoms with Crippen LogP contribution in [0, 0.1) is 20.8 Å². The van der Waals surface area contributed by atoms with Crippen molar-refractivity contribution < 1.29 is 9.59 Å². The molecule has 5 nitrogen and oxygen atoms in total. The number of amides is 2. The molecule has 0 unspecified atom stereocenters. The lowest BCUT2D eigenvalue weighted by molar-refractivity contribution is 0.0791. The van der Waals surface area contributed by atoms with Crippen molar-refractivity contribution in [1.82, 2.24) is 9.88 Å². The number of carbonyl (C=O) groups is 2. The number of aryl methyl sites for hydroxylation is 2. The summed E-state index contributed by atoms with van der Waals surface area (Å²) in [4.78, 5) is 30.7. The fourth-order valence-corrected chi connectivity index (χ4v) is 4.00. The van der Waals surface area contributed by atoms with Gasteiger partial charge in [0.15, 0.2) is 0 Å². The number of likely N-dealkylation sites (tertiary alicyclic amines) is 1. The van der Waals surface area contributed by atoms with Gasteiger partial charge in [0.2, 0.25) is 0 Å². The molecule has 0 bridgehead atoms. The highest BCUT2D eigenvalue weighted by Gasteiger charge is 2.22. The van der Waals surface area contributed by atoms with Crippen LogP contribution >= 0.6 is 0 Å². The van der Waals surface area contributed by atoms with E-state index in [-0.39, 0.29) is 11.8 Å². The highest BCUT2D eigenvalue weighted by Crippen LogP contribution is 2.25. The van der Waals surface area contributed by atoms with E-state index >= 15 is 0 Å². The van der Waals surface area contributed by atoms with Crippen LogP contribution < -0.4 is 5.32 Å². The number of nitrogens with one attached hydrogen (secondary N) is 2. The third kappa shape index (κ3) is 3.28. The largest absolute Gasteiger partial charge is 0.351 e. The van der Waals surface area contributed by atoms with Crippen LogP contribution in [0.5, 0.6) is 0 Å². The number of benzene rings is 2. The third-order valence-corrected chi connectivity index (χ3v) is 5.54. The van der Waals surface area contributed by atoms with E-state index in [1.165, 1.54) is 0 Å². The van der Waals surface area contributed by atoms with Crippen LogP contribution in [-0.2, 0) is 0 Å². The van der Waals surface area contributed by atoms with Gasteiger partial charge in [-0.25, -0.2) is 0 Å². The summed E-state index contributed by atoms with van der Waals surface area (Å²) >= 11 is 0. The van der Waals surface area contributed by atoms with Crippen LogP contribution in [0.2, 0.25) is 0 Å². The first-order valence-corrected chi connectivity index (χ1v) is 9.74. The van der Waals surface area contributed by atoms with Gasteiger partial charge in [0.25, 0.3) is 11.8 Å². The lowest BCUT2D eigenvalue weighted by Crippen LogP contribution is -2.28. The summed E-state index contributed by atoms with van der Waals surface area (Å²) in [5.41, 5.74) is 5.89. The Labute approximate surface area is 164 Å². The third-order valence-electron chi connectivity index (χ3n) is 5.54. The van der Waals surface area contributed by atoms with Crippen molar-refractivity contribution in [2.75, 3.05) is 18.4 Å². The van der Waals surface area contributed by atoms with Crippen molar-refractivity contribution in [3.63, 3.8) is 0 Å². The maximum atomic E-state index is 12.8. The van der Waals surface area contributed by atoms with Crippen LogP contribution in [0.3, 0.4) is 0 Å². The summed E-state index contributed by atoms with van der Waals surface area (Å²) < 4.78 is 0. The summed E-state index contributed by atoms with van der Waals surface area (Å²) in [6.07, 6.45) is 2.11. The van der Waals surface area contributed by atoms with Gasteiger partial charge in [0.1, 0.15) is 5.69 Å². The normalized spacial score (nSPS) is 13.9. The second-order valence-electron chi connectivity index (χ2n) is 7.66. The number of carbonyl (C=O) groups excluding carboxylic acids is 2. The molecule has 2 heterocycles. The quantitative estimate of drug-likeness (QED) is 0.704. The molecule has 0 aliphatic carbocycles. The molecule has 1 aliphatic rings. The highest BCUT2D eigenvalue weighted by atomic mass is 16.2. The Morgan fingerprint density at radius 2 is 1.79 bits per heavy atom. The van der Waals surface area contributed by atoms with Gasteiger partial charge in [-0.1, -0.05) is 12.1 Å². The molecule has 3 aromatic rings. The van der Waals surface area contributed by atoms with Gasteiger partial charge in [0, 0.05) is 35.2 Å². The van der Waals surface area contributed by atoms with E-state index in [2.05, 4.69) is 16.4 Å². The minimum absolute atomic E-state index is 0.0443. The average Bonchev–Trinajstić information content (AvgIpc) is 3.32. The van der Waals surface area contributed by atoms with E-state index in [0.717, 1.165) is 53.5 Å². The zero-order valence-corrected chi connectivity index (χ0v) is 16.6. The monoisotopic (exact) mass is 375 g/mol. The molecule has 144 valence electrons. The molecular weight excluding hydrogens is 350 g/mol. The topological polar surface area (TPSA) is 65.2 Å². The smallest absolute Gasteiger partial charge is 0.272 e. The van der Waals surface area contributed by atoms with E-state index in [4.69, 9.17) is 0 Å². The van der Waals surface area contributed by atoms with Crippen LogP contribution in [0.25, 0.3) is 10.9 Å². The lowest BCUT2D eigenvalue weighted by atomic mass is 10.1. The minimum atomic E-state index is -0.206. The number of rotatable bonds is 3. The summed E-state index contributed by atoms with van der Waals surface area (Å²) in [6, 6.07) is 11.5. The summed E-state index contributed by atoms with van der Waals surface area (Å²) in [5, 5.41) is 4.01. The zero-order chi connectivity index (χ0) is 19.8. The highest BCUT2D eigenvalue weighted by molar-refractivity contribution is 6.07. The van der Waals surface area contributed by atoms with Crippen LogP contribution in [0.1, 0.15) is 50.4 Å². The van der Waals surface area contributed by atoms with Crippen LogP contribution in [0.15, 0.2) is 36.4 Å². The Bertz CT molecular complexity index is 1070. The Hall–Kier alpha value is -3.08. The number of aromatic nitrogens is 1. The number of anilines is 1. The summed E-state index contributed by atoms with van der Waals surface area (Å²) in [5.74, 6) is -0.162. The molecule has 0 spiro atoms. The predicted molar refractivity (Wildman–Crippen MR) is 112 cm³/mol. The Morgan fingerprint density at radius 3 is 2.54 bits per heavy atom. The van der Waals surface area contributed by atoms with Crippen LogP contribution in [-0.4, -0.2) is 34.8 Å². The van der Waals surface area contributed by atoms with Gasteiger partial charge in [-0.2, -0.15) is 0 Å². The molecular formula is C23H25N3O2. The predicted octanol–water partition coefficient (Wildman–Crippen LogP) is 4.58. The average molecular weight is 375 g/mol. The van der Waals surface area contributed by atoms with Crippen molar-refractivity contribution in [2.24, 2.45) is 0 Å². The van der Waals surface area contributed by atoms with E-state index in [9.17, 15) is 9.59 Å². The Balaban J connectivity index is 1.60. The number of H-pyrrole nitrogens is 1. The fraction of sp³-hybridized carbons (Fsp3) is 0.304. The second kappa shape index (κ2) is 7.15. The molecule has 0 radical (unpaired) electrons. The molecule has 5 heteroatoms. The number of hydrogen-bond acceptors (Lipinski definition) is 2. The maximum absolute atomic E-state index is 12.8. The molecule has 1 aromatic heterocycles. The molecule has 0 saturated carbocycles. The van der Waals surface area contributed by atoms with Crippen molar-refractivity contribution >= 4 is 28.4 Å². The van der Waals surface area contributed by atoms with Gasteiger partial charge in [-0.05, 0) is 74.6 Å². The molecule has 1 aliphatic heterocycles. The number of nitrogens with zero attached hydrogens (tertiary/aromatic N) is 1. The Kier molecular flexibility index (Phi) is 4.67. The first kappa shape index (κ1) is 18.3. The first-order chi connectivity index (χ1) is 13.4. The molecule has 0 atom stereocenters. The van der Waals surface area contributed by atoms with Crippen molar-refractivity contribution in [3.05, 3.63) is 64.3 Å². The summed E-state index contributed by atoms with van der Waals surface area (Å²) in [7, 11) is 0. The van der Waals surface area contributed by atoms with E-state index in [0.29, 0.717) is 16.9 Å². The maximum Gasteiger partial charge on any atom is 0.272 e. The summed E-state index contributed by atoms with van der Waals surface area (Å²) in [6.45, 7) is 7.59. The zero-order valence-electron chi connectivity index (χ0n) is 16.6. The van der Waals surface area contributed by atoms with Gasteiger partial charge in [-0.15, -0.1) is 0 Å². The number of hydrogen-bond donors (Lipinski definition) is 2. The molecule has 2 N–H and O–H groups in total. The standard InChI is InChI=1S/C23H25N3O2/c1-14-11-15(2)18-13-21(24-20(18)12-14)22(27)25-19-8-6-7-17(16(19)3)23(28)26-9-4-5-10-26/h6-8,11-13,24H,4-5,9-10H2,1-3H3,(H,25,27). The molecule has 1 saturated heterocycles. The van der Waals surface area contributed by atoms with Crippen molar-refractivity contribution in [3.8, 4) is 0 Å². The van der Waals surface area contributed by atoms with Gasteiger partial charge in [-0.3, -0.25) is 9.59 Å². The minimum Gasteiger partial charge on any atom is -0.351 e. The van der Waals surface area contributed by atoms with Gasteiger partial charge >= 0.3 is 0 Å². The van der Waals surface area contributed by atoms with E-state index in [1.807, 2.05) is 56.0 Å². The molecule has 4 rings (SSSR count). The second-order valence-corrected chi connectivity index (χ2v) is 7.66. The first-order valence-electron chi connectivity index (χ1n) is 9.74. The molecule has 2 aromatic carbocycles. The molecule has 2 amide bonds.